The molecule has 0 N–H and O–H groups in total. The summed E-state index contributed by atoms with van der Waals surface area (Å²) in [5, 5.41) is 0.647. The maximum Gasteiger partial charge on any atom is 0.393 e. The molecule has 8 heteroatoms. The van der Waals surface area contributed by atoms with Crippen LogP contribution in [0.25, 0.3) is 5.52 Å². The molecule has 4 nitrogen and oxygen atoms in total. The fourth-order valence-electron chi connectivity index (χ4n) is 2.89. The molecule has 0 unspecified atom stereocenters. The summed E-state index contributed by atoms with van der Waals surface area (Å²) < 4.78 is 40.6. The van der Waals surface area contributed by atoms with Crippen molar-refractivity contribution in [3.63, 3.8) is 0 Å². The lowest BCUT2D eigenvalue weighted by molar-refractivity contribution is -0.184. The van der Waals surface area contributed by atoms with Gasteiger partial charge in [0.2, 0.25) is 0 Å². The van der Waals surface area contributed by atoms with Crippen LogP contribution in [0.5, 0.6) is 0 Å². The van der Waals surface area contributed by atoms with Crippen LogP contribution in [-0.4, -0.2) is 45.7 Å². The Kier molecular flexibility index (Phi) is 4.27. The van der Waals surface area contributed by atoms with E-state index in [-0.39, 0.29) is 18.7 Å². The van der Waals surface area contributed by atoms with E-state index in [1.165, 1.54) is 16.7 Å². The lowest BCUT2D eigenvalue weighted by Gasteiger charge is -2.33. The fraction of sp³-hybridized carbons (Fsp3) is 0.467. The molecule has 124 valence electrons. The summed E-state index contributed by atoms with van der Waals surface area (Å²) >= 11 is 1.39. The van der Waals surface area contributed by atoms with Gasteiger partial charge in [0.05, 0.1) is 11.4 Å². The van der Waals surface area contributed by atoms with Crippen LogP contribution in [0.3, 0.4) is 0 Å². The molecule has 3 rings (SSSR count). The van der Waals surface area contributed by atoms with Gasteiger partial charge in [-0.1, -0.05) is 17.8 Å². The number of amides is 1. The standard InChI is InChI=1S/C15H16F3N3OS/c1-23-14-19-12(11-6-2-3-8-21(11)14)13(22)20-7-4-5-10(9-20)15(16,17)18/h2-3,6,8,10H,4-5,7,9H2,1H3/t10-/m0/s1. The van der Waals surface area contributed by atoms with E-state index < -0.39 is 18.0 Å². The van der Waals surface area contributed by atoms with Crippen molar-refractivity contribution in [3.05, 3.63) is 30.1 Å². The van der Waals surface area contributed by atoms with Gasteiger partial charge in [0.25, 0.3) is 5.91 Å². The van der Waals surface area contributed by atoms with Gasteiger partial charge in [-0.25, -0.2) is 4.98 Å². The van der Waals surface area contributed by atoms with Gasteiger partial charge < -0.3 is 4.90 Å². The van der Waals surface area contributed by atoms with Crippen molar-refractivity contribution in [3.8, 4) is 0 Å². The normalized spacial score (nSPS) is 19.3. The minimum atomic E-state index is -4.26. The number of fused-ring (bicyclic) bond motifs is 1. The van der Waals surface area contributed by atoms with Crippen LogP contribution in [-0.2, 0) is 0 Å². The third-order valence-corrected chi connectivity index (χ3v) is 4.73. The first-order chi connectivity index (χ1) is 10.9. The van der Waals surface area contributed by atoms with Gasteiger partial charge in [0.15, 0.2) is 10.9 Å². The third kappa shape index (κ3) is 3.04. The van der Waals surface area contributed by atoms with E-state index in [1.54, 1.807) is 22.7 Å². The topological polar surface area (TPSA) is 37.6 Å². The first kappa shape index (κ1) is 16.2. The number of likely N-dealkylation sites (tertiary alicyclic amines) is 1. The number of alkyl halides is 3. The summed E-state index contributed by atoms with van der Waals surface area (Å²) in [5.41, 5.74) is 0.841. The van der Waals surface area contributed by atoms with Crippen LogP contribution in [0.2, 0.25) is 0 Å². The number of carbonyl (C=O) groups excluding carboxylic acids is 1. The number of pyridine rings is 1. The Labute approximate surface area is 135 Å². The van der Waals surface area contributed by atoms with E-state index in [1.807, 2.05) is 12.3 Å². The number of rotatable bonds is 2. The van der Waals surface area contributed by atoms with Gasteiger partial charge in [-0.15, -0.1) is 0 Å². The highest BCUT2D eigenvalue weighted by Gasteiger charge is 2.43. The lowest BCUT2D eigenvalue weighted by Crippen LogP contribution is -2.44. The van der Waals surface area contributed by atoms with E-state index in [0.29, 0.717) is 23.6 Å². The summed E-state index contributed by atoms with van der Waals surface area (Å²) in [7, 11) is 0. The molecule has 0 saturated carbocycles. The number of aromatic nitrogens is 2. The quantitative estimate of drug-likeness (QED) is 0.784. The Bertz CT molecular complexity index is 728. The van der Waals surface area contributed by atoms with Crippen molar-refractivity contribution in [1.82, 2.24) is 14.3 Å². The number of carbonyl (C=O) groups is 1. The molecule has 1 fully saturated rings. The zero-order chi connectivity index (χ0) is 16.6. The minimum absolute atomic E-state index is 0.0767. The minimum Gasteiger partial charge on any atom is -0.337 e. The van der Waals surface area contributed by atoms with Gasteiger partial charge in [-0.2, -0.15) is 13.2 Å². The third-order valence-electron chi connectivity index (χ3n) is 4.07. The average molecular weight is 343 g/mol. The van der Waals surface area contributed by atoms with Crippen molar-refractivity contribution in [1.29, 1.82) is 0 Å². The van der Waals surface area contributed by atoms with Crippen molar-refractivity contribution >= 4 is 23.2 Å². The van der Waals surface area contributed by atoms with E-state index in [9.17, 15) is 18.0 Å². The van der Waals surface area contributed by atoms with Crippen LogP contribution in [0.1, 0.15) is 23.3 Å². The second kappa shape index (κ2) is 6.07. The van der Waals surface area contributed by atoms with E-state index in [0.717, 1.165) is 0 Å². The summed E-state index contributed by atoms with van der Waals surface area (Å²) in [6, 6.07) is 5.36. The van der Waals surface area contributed by atoms with Crippen LogP contribution in [0, 0.1) is 5.92 Å². The van der Waals surface area contributed by atoms with Crippen molar-refractivity contribution in [2.75, 3.05) is 19.3 Å². The molecular weight excluding hydrogens is 327 g/mol. The number of nitrogens with zero attached hydrogens (tertiary/aromatic N) is 3. The Morgan fingerprint density at radius 1 is 1.39 bits per heavy atom. The van der Waals surface area contributed by atoms with Gasteiger partial charge in [0.1, 0.15) is 0 Å². The molecule has 0 aromatic carbocycles. The van der Waals surface area contributed by atoms with E-state index in [4.69, 9.17) is 0 Å². The van der Waals surface area contributed by atoms with Gasteiger partial charge in [-0.05, 0) is 31.2 Å². The highest BCUT2D eigenvalue weighted by Crippen LogP contribution is 2.34. The van der Waals surface area contributed by atoms with Crippen molar-refractivity contribution in [2.45, 2.75) is 24.2 Å². The molecule has 23 heavy (non-hydrogen) atoms. The van der Waals surface area contributed by atoms with Gasteiger partial charge in [0, 0.05) is 19.3 Å². The molecule has 1 atom stereocenters. The molecular formula is C15H16F3N3OS. The summed E-state index contributed by atoms with van der Waals surface area (Å²) in [5.74, 6) is -1.88. The molecule has 1 aliphatic heterocycles. The van der Waals surface area contributed by atoms with Gasteiger partial charge >= 0.3 is 6.18 Å². The number of hydrogen-bond acceptors (Lipinski definition) is 3. The van der Waals surface area contributed by atoms with E-state index in [2.05, 4.69) is 4.98 Å². The first-order valence-corrected chi connectivity index (χ1v) is 8.51. The number of piperidine rings is 1. The molecule has 1 aliphatic rings. The predicted octanol–water partition coefficient (Wildman–Crippen LogP) is 3.47. The smallest absolute Gasteiger partial charge is 0.337 e. The van der Waals surface area contributed by atoms with Crippen LogP contribution >= 0.6 is 11.8 Å². The molecule has 3 heterocycles. The molecule has 1 saturated heterocycles. The molecule has 0 spiro atoms. The zero-order valence-electron chi connectivity index (χ0n) is 12.5. The van der Waals surface area contributed by atoms with Crippen molar-refractivity contribution < 1.29 is 18.0 Å². The Balaban J connectivity index is 1.91. The number of hydrogen-bond donors (Lipinski definition) is 0. The second-order valence-electron chi connectivity index (χ2n) is 5.53. The average Bonchev–Trinajstić information content (AvgIpc) is 2.92. The fourth-order valence-corrected chi connectivity index (χ4v) is 3.43. The molecule has 0 bridgehead atoms. The Morgan fingerprint density at radius 2 is 2.17 bits per heavy atom. The van der Waals surface area contributed by atoms with Crippen LogP contribution in [0.4, 0.5) is 13.2 Å². The highest BCUT2D eigenvalue weighted by atomic mass is 32.2. The number of halogens is 3. The molecule has 1 amide bonds. The molecule has 0 aliphatic carbocycles. The maximum absolute atomic E-state index is 12.9. The molecule has 0 radical (unpaired) electrons. The van der Waals surface area contributed by atoms with Crippen LogP contribution in [0.15, 0.2) is 29.6 Å². The largest absolute Gasteiger partial charge is 0.393 e. The summed E-state index contributed by atoms with van der Waals surface area (Å²) in [6.45, 7) is 0.0503. The monoisotopic (exact) mass is 343 g/mol. The second-order valence-corrected chi connectivity index (χ2v) is 6.31. The SMILES string of the molecule is CSc1nc(C(=O)N2CCC[C@H](C(F)(F)F)C2)c2ccccn12. The summed E-state index contributed by atoms with van der Waals surface area (Å²) in [4.78, 5) is 18.3. The summed E-state index contributed by atoms with van der Waals surface area (Å²) in [6.07, 6.45) is -0.194. The molecule has 2 aromatic rings. The van der Waals surface area contributed by atoms with Crippen molar-refractivity contribution in [2.24, 2.45) is 5.92 Å². The lowest BCUT2D eigenvalue weighted by atomic mass is 9.97. The Morgan fingerprint density at radius 3 is 2.87 bits per heavy atom. The van der Waals surface area contributed by atoms with Gasteiger partial charge in [-0.3, -0.25) is 9.20 Å². The maximum atomic E-state index is 12.9. The van der Waals surface area contributed by atoms with E-state index >= 15 is 0 Å². The number of imidazole rings is 1. The first-order valence-electron chi connectivity index (χ1n) is 7.29. The highest BCUT2D eigenvalue weighted by molar-refractivity contribution is 7.98. The molecule has 2 aromatic heterocycles. The predicted molar refractivity (Wildman–Crippen MR) is 81.7 cm³/mol. The zero-order valence-corrected chi connectivity index (χ0v) is 13.3. The number of thioether (sulfide) groups is 1. The Hall–Kier alpha value is -1.70. The van der Waals surface area contributed by atoms with Crippen LogP contribution < -0.4 is 0 Å².